The average molecular weight is 185 g/mol. The summed E-state index contributed by atoms with van der Waals surface area (Å²) in [6, 6.07) is 0. The van der Waals surface area contributed by atoms with Crippen molar-refractivity contribution in [1.82, 2.24) is 4.90 Å². The van der Waals surface area contributed by atoms with Gasteiger partial charge in [0.05, 0.1) is 19.1 Å². The first-order valence-corrected chi connectivity index (χ1v) is 4.79. The molecular formula is C9H15NO3. The topological polar surface area (TPSA) is 49.8 Å². The number of aliphatic hydroxyl groups excluding tert-OH is 1. The van der Waals surface area contributed by atoms with Gasteiger partial charge in [-0.3, -0.25) is 4.79 Å². The summed E-state index contributed by atoms with van der Waals surface area (Å²) in [6.07, 6.45) is 0.891. The maximum Gasteiger partial charge on any atom is 0.225 e. The second kappa shape index (κ2) is 3.64. The number of hydrogen-bond acceptors (Lipinski definition) is 3. The number of rotatable bonds is 2. The van der Waals surface area contributed by atoms with E-state index in [-0.39, 0.29) is 5.91 Å². The smallest absolute Gasteiger partial charge is 0.225 e. The molecule has 2 unspecified atom stereocenters. The van der Waals surface area contributed by atoms with Crippen molar-refractivity contribution < 1.29 is 14.6 Å². The summed E-state index contributed by atoms with van der Waals surface area (Å²) in [6.45, 7) is 2.85. The lowest BCUT2D eigenvalue weighted by Gasteiger charge is -2.18. The highest BCUT2D eigenvalue weighted by Crippen LogP contribution is 2.18. The van der Waals surface area contributed by atoms with Crippen LogP contribution in [-0.2, 0) is 9.53 Å². The number of carbonyl (C=O) groups excluding carboxylic acids is 1. The number of likely N-dealkylation sites (tertiary alicyclic amines) is 1. The van der Waals surface area contributed by atoms with Crippen LogP contribution in [0, 0.1) is 5.92 Å². The number of aliphatic hydroxyl groups is 1. The summed E-state index contributed by atoms with van der Waals surface area (Å²) in [7, 11) is 0. The molecule has 13 heavy (non-hydrogen) atoms. The maximum atomic E-state index is 11.3. The Kier molecular flexibility index (Phi) is 2.51. The van der Waals surface area contributed by atoms with Gasteiger partial charge in [0.15, 0.2) is 0 Å². The van der Waals surface area contributed by atoms with Gasteiger partial charge in [-0.15, -0.1) is 0 Å². The molecule has 4 nitrogen and oxygen atoms in total. The molecule has 0 aromatic heterocycles. The molecule has 2 aliphatic rings. The van der Waals surface area contributed by atoms with Gasteiger partial charge in [0.1, 0.15) is 0 Å². The van der Waals surface area contributed by atoms with Gasteiger partial charge in [0, 0.05) is 25.6 Å². The standard InChI is InChI=1S/C9H15NO3/c11-8-3-9(12)10(5-8)4-7-1-2-13-6-7/h7-8,11H,1-6H2. The Bertz CT molecular complexity index is 201. The molecule has 0 aliphatic carbocycles. The van der Waals surface area contributed by atoms with E-state index in [1.807, 2.05) is 0 Å². The van der Waals surface area contributed by atoms with Crippen molar-refractivity contribution in [1.29, 1.82) is 0 Å². The lowest BCUT2D eigenvalue weighted by Crippen LogP contribution is -2.31. The minimum atomic E-state index is -0.449. The number of β-amino-alcohol motifs (C(OH)–C–C–N with tert-alkyl or cyclic N) is 1. The van der Waals surface area contributed by atoms with Crippen LogP contribution in [0.1, 0.15) is 12.8 Å². The van der Waals surface area contributed by atoms with Gasteiger partial charge in [0.2, 0.25) is 5.91 Å². The zero-order valence-electron chi connectivity index (χ0n) is 7.61. The first-order chi connectivity index (χ1) is 6.25. The van der Waals surface area contributed by atoms with E-state index in [2.05, 4.69) is 0 Å². The van der Waals surface area contributed by atoms with E-state index in [0.717, 1.165) is 26.2 Å². The van der Waals surface area contributed by atoms with Crippen LogP contribution in [0.3, 0.4) is 0 Å². The third-order valence-corrected chi connectivity index (χ3v) is 2.70. The van der Waals surface area contributed by atoms with Crippen molar-refractivity contribution in [2.75, 3.05) is 26.3 Å². The third kappa shape index (κ3) is 2.00. The summed E-state index contributed by atoms with van der Waals surface area (Å²) in [4.78, 5) is 13.1. The first-order valence-electron chi connectivity index (χ1n) is 4.79. The van der Waals surface area contributed by atoms with Crippen molar-refractivity contribution in [3.8, 4) is 0 Å². The van der Waals surface area contributed by atoms with Gasteiger partial charge in [0.25, 0.3) is 0 Å². The molecule has 2 rings (SSSR count). The first kappa shape index (κ1) is 8.97. The molecule has 2 atom stereocenters. The second-order valence-electron chi connectivity index (χ2n) is 3.89. The zero-order valence-corrected chi connectivity index (χ0v) is 7.61. The molecule has 0 spiro atoms. The quantitative estimate of drug-likeness (QED) is 0.637. The van der Waals surface area contributed by atoms with Crippen molar-refractivity contribution in [2.45, 2.75) is 18.9 Å². The Balaban J connectivity index is 1.83. The molecule has 0 saturated carbocycles. The number of ether oxygens (including phenoxy) is 1. The average Bonchev–Trinajstić information content (AvgIpc) is 2.63. The maximum absolute atomic E-state index is 11.3. The Morgan fingerprint density at radius 2 is 2.46 bits per heavy atom. The van der Waals surface area contributed by atoms with E-state index in [4.69, 9.17) is 4.74 Å². The van der Waals surface area contributed by atoms with Crippen LogP contribution < -0.4 is 0 Å². The fraction of sp³-hybridized carbons (Fsp3) is 0.889. The molecule has 74 valence electrons. The van der Waals surface area contributed by atoms with Gasteiger partial charge >= 0.3 is 0 Å². The SMILES string of the molecule is O=C1CC(O)CN1CC1CCOC1. The molecule has 2 fully saturated rings. The summed E-state index contributed by atoms with van der Waals surface area (Å²) in [5.74, 6) is 0.564. The summed E-state index contributed by atoms with van der Waals surface area (Å²) >= 11 is 0. The minimum absolute atomic E-state index is 0.0828. The molecule has 2 aliphatic heterocycles. The monoisotopic (exact) mass is 185 g/mol. The number of amides is 1. The van der Waals surface area contributed by atoms with Crippen molar-refractivity contribution in [3.63, 3.8) is 0 Å². The van der Waals surface area contributed by atoms with Crippen LogP contribution in [0.5, 0.6) is 0 Å². The van der Waals surface area contributed by atoms with Crippen LogP contribution in [-0.4, -0.2) is 48.3 Å². The van der Waals surface area contributed by atoms with Gasteiger partial charge in [-0.1, -0.05) is 0 Å². The lowest BCUT2D eigenvalue weighted by atomic mass is 10.1. The predicted molar refractivity (Wildman–Crippen MR) is 46.1 cm³/mol. The molecule has 2 saturated heterocycles. The highest BCUT2D eigenvalue weighted by atomic mass is 16.5. The van der Waals surface area contributed by atoms with Crippen LogP contribution in [0.25, 0.3) is 0 Å². The molecule has 0 aromatic carbocycles. The van der Waals surface area contributed by atoms with Crippen LogP contribution in [0.2, 0.25) is 0 Å². The summed E-state index contributed by atoms with van der Waals surface area (Å²) < 4.78 is 5.23. The van der Waals surface area contributed by atoms with Crippen LogP contribution in [0.15, 0.2) is 0 Å². The third-order valence-electron chi connectivity index (χ3n) is 2.70. The van der Waals surface area contributed by atoms with Gasteiger partial charge < -0.3 is 14.7 Å². The van der Waals surface area contributed by atoms with Crippen LogP contribution in [0.4, 0.5) is 0 Å². The van der Waals surface area contributed by atoms with E-state index in [0.29, 0.717) is 18.9 Å². The molecule has 2 heterocycles. The van der Waals surface area contributed by atoms with E-state index >= 15 is 0 Å². The molecular weight excluding hydrogens is 170 g/mol. The molecule has 0 radical (unpaired) electrons. The minimum Gasteiger partial charge on any atom is -0.391 e. The van der Waals surface area contributed by atoms with Crippen LogP contribution >= 0.6 is 0 Å². The second-order valence-corrected chi connectivity index (χ2v) is 3.89. The summed E-state index contributed by atoms with van der Waals surface area (Å²) in [5, 5.41) is 9.25. The predicted octanol–water partition coefficient (Wildman–Crippen LogP) is -0.384. The molecule has 0 bridgehead atoms. The van der Waals surface area contributed by atoms with Crippen molar-refractivity contribution in [2.24, 2.45) is 5.92 Å². The van der Waals surface area contributed by atoms with E-state index in [9.17, 15) is 9.90 Å². The Labute approximate surface area is 77.5 Å². The number of nitrogens with zero attached hydrogens (tertiary/aromatic N) is 1. The highest BCUT2D eigenvalue weighted by Gasteiger charge is 2.30. The van der Waals surface area contributed by atoms with Crippen molar-refractivity contribution in [3.05, 3.63) is 0 Å². The summed E-state index contributed by atoms with van der Waals surface area (Å²) in [5.41, 5.74) is 0. The number of hydrogen-bond donors (Lipinski definition) is 1. The van der Waals surface area contributed by atoms with Crippen molar-refractivity contribution >= 4 is 5.91 Å². The molecule has 0 aromatic rings. The fourth-order valence-corrected chi connectivity index (χ4v) is 1.97. The Morgan fingerprint density at radius 1 is 1.62 bits per heavy atom. The Hall–Kier alpha value is -0.610. The highest BCUT2D eigenvalue weighted by molar-refractivity contribution is 5.79. The van der Waals surface area contributed by atoms with Gasteiger partial charge in [-0.2, -0.15) is 0 Å². The number of carbonyl (C=O) groups is 1. The molecule has 4 heteroatoms. The largest absolute Gasteiger partial charge is 0.391 e. The molecule has 1 N–H and O–H groups in total. The fourth-order valence-electron chi connectivity index (χ4n) is 1.97. The zero-order chi connectivity index (χ0) is 9.26. The van der Waals surface area contributed by atoms with Gasteiger partial charge in [-0.25, -0.2) is 0 Å². The normalized spacial score (nSPS) is 34.5. The molecule has 1 amide bonds. The Morgan fingerprint density at radius 3 is 3.00 bits per heavy atom. The van der Waals surface area contributed by atoms with E-state index < -0.39 is 6.10 Å². The van der Waals surface area contributed by atoms with E-state index in [1.54, 1.807) is 4.90 Å². The van der Waals surface area contributed by atoms with Gasteiger partial charge in [-0.05, 0) is 6.42 Å². The lowest BCUT2D eigenvalue weighted by molar-refractivity contribution is -0.128. The van der Waals surface area contributed by atoms with E-state index in [1.165, 1.54) is 0 Å².